The van der Waals surface area contributed by atoms with Crippen molar-refractivity contribution in [3.63, 3.8) is 0 Å². The molecule has 0 saturated carbocycles. The molecular weight excluding hydrogens is 561 g/mol. The number of aryl methyl sites for hydroxylation is 1. The van der Waals surface area contributed by atoms with E-state index in [1.54, 1.807) is 31.2 Å². The van der Waals surface area contributed by atoms with Crippen molar-refractivity contribution in [2.24, 2.45) is 11.8 Å². The Bertz CT molecular complexity index is 1280. The van der Waals surface area contributed by atoms with E-state index < -0.39 is 22.2 Å². The molecule has 0 aromatic heterocycles. The molecule has 2 aromatic carbocycles. The number of rotatable bonds is 9. The van der Waals surface area contributed by atoms with Crippen LogP contribution in [0.5, 0.6) is 0 Å². The van der Waals surface area contributed by atoms with Gasteiger partial charge in [0.25, 0.3) is 15.9 Å². The SMILES string of the molecule is Cc1ccccc1S(=O)(=O)Nc1cc(C(=O)N(CC(C)C)CC(C)C)ccc1N1CCNCC1.O=C(O)C(F)(F)F. The number of halogens is 3. The van der Waals surface area contributed by atoms with Crippen molar-refractivity contribution in [1.29, 1.82) is 0 Å². The third kappa shape index (κ3) is 10.2. The van der Waals surface area contributed by atoms with Crippen LogP contribution in [0, 0.1) is 18.8 Å². The molecule has 1 amide bonds. The zero-order chi connectivity index (χ0) is 31.0. The molecule has 3 N–H and O–H groups in total. The van der Waals surface area contributed by atoms with Crippen LogP contribution in [0.4, 0.5) is 24.5 Å². The summed E-state index contributed by atoms with van der Waals surface area (Å²) >= 11 is 0. The van der Waals surface area contributed by atoms with Crippen molar-refractivity contribution in [3.05, 3.63) is 53.6 Å². The first-order valence-corrected chi connectivity index (χ1v) is 14.8. The van der Waals surface area contributed by atoms with E-state index >= 15 is 0 Å². The number of carbonyl (C=O) groups excluding carboxylic acids is 1. The highest BCUT2D eigenvalue weighted by Gasteiger charge is 2.38. The Labute approximate surface area is 239 Å². The Morgan fingerprint density at radius 3 is 2.05 bits per heavy atom. The molecule has 3 rings (SSSR count). The van der Waals surface area contributed by atoms with E-state index in [1.807, 2.05) is 23.1 Å². The summed E-state index contributed by atoms with van der Waals surface area (Å²) in [6.45, 7) is 14.6. The van der Waals surface area contributed by atoms with Crippen LogP contribution in [0.15, 0.2) is 47.4 Å². The Morgan fingerprint density at radius 2 is 1.56 bits per heavy atom. The number of benzene rings is 2. The lowest BCUT2D eigenvalue weighted by atomic mass is 10.1. The summed E-state index contributed by atoms with van der Waals surface area (Å²) in [7, 11) is -3.82. The first-order chi connectivity index (χ1) is 19.0. The Kier molecular flexibility index (Phi) is 12.0. The van der Waals surface area contributed by atoms with Crippen molar-refractivity contribution >= 4 is 33.3 Å². The second kappa shape index (κ2) is 14.5. The molecule has 0 atom stereocenters. The van der Waals surface area contributed by atoms with Gasteiger partial charge >= 0.3 is 12.1 Å². The van der Waals surface area contributed by atoms with E-state index in [9.17, 15) is 26.4 Å². The monoisotopic (exact) mass is 600 g/mol. The number of nitrogens with one attached hydrogen (secondary N) is 2. The molecule has 1 aliphatic heterocycles. The lowest BCUT2D eigenvalue weighted by molar-refractivity contribution is -0.192. The number of aliphatic carboxylic acids is 1. The number of carboxylic acid groups (broad SMARTS) is 1. The topological polar surface area (TPSA) is 119 Å². The number of carbonyl (C=O) groups is 2. The number of nitrogens with zero attached hydrogens (tertiary/aromatic N) is 2. The maximum absolute atomic E-state index is 13.5. The van der Waals surface area contributed by atoms with Crippen LogP contribution in [-0.4, -0.2) is 75.7 Å². The summed E-state index contributed by atoms with van der Waals surface area (Å²) < 4.78 is 61.2. The van der Waals surface area contributed by atoms with Crippen molar-refractivity contribution < 1.29 is 36.3 Å². The molecule has 0 unspecified atom stereocenters. The molecule has 2 aromatic rings. The second-order valence-electron chi connectivity index (χ2n) is 10.6. The number of alkyl halides is 3. The van der Waals surface area contributed by atoms with Crippen molar-refractivity contribution in [2.75, 3.05) is 48.9 Å². The molecule has 1 fully saturated rings. The van der Waals surface area contributed by atoms with Gasteiger partial charge in [0.1, 0.15) is 0 Å². The molecule has 1 heterocycles. The number of hydrogen-bond acceptors (Lipinski definition) is 6. The highest BCUT2D eigenvalue weighted by Crippen LogP contribution is 2.31. The van der Waals surface area contributed by atoms with Gasteiger partial charge in [-0.25, -0.2) is 13.2 Å². The summed E-state index contributed by atoms with van der Waals surface area (Å²) in [5, 5.41) is 10.5. The second-order valence-corrected chi connectivity index (χ2v) is 12.3. The highest BCUT2D eigenvalue weighted by atomic mass is 32.2. The summed E-state index contributed by atoms with van der Waals surface area (Å²) in [5.74, 6) is -2.16. The molecule has 9 nitrogen and oxygen atoms in total. The minimum Gasteiger partial charge on any atom is -0.475 e. The Balaban J connectivity index is 0.000000745. The fourth-order valence-corrected chi connectivity index (χ4v) is 5.61. The van der Waals surface area contributed by atoms with Gasteiger partial charge in [-0.15, -0.1) is 0 Å². The van der Waals surface area contributed by atoms with Gasteiger partial charge in [-0.2, -0.15) is 13.2 Å². The molecule has 228 valence electrons. The Hall–Kier alpha value is -3.32. The van der Waals surface area contributed by atoms with Gasteiger partial charge < -0.3 is 20.2 Å². The first-order valence-electron chi connectivity index (χ1n) is 13.3. The predicted molar refractivity (Wildman–Crippen MR) is 153 cm³/mol. The van der Waals surface area contributed by atoms with Gasteiger partial charge in [-0.05, 0) is 48.6 Å². The number of anilines is 2. The van der Waals surface area contributed by atoms with E-state index in [-0.39, 0.29) is 10.8 Å². The fraction of sp³-hybridized carbons (Fsp3) is 0.500. The fourth-order valence-electron chi connectivity index (χ4n) is 4.29. The number of hydrogen-bond donors (Lipinski definition) is 3. The molecule has 0 radical (unpaired) electrons. The van der Waals surface area contributed by atoms with Crippen LogP contribution < -0.4 is 14.9 Å². The van der Waals surface area contributed by atoms with Gasteiger partial charge in [0, 0.05) is 44.8 Å². The van der Waals surface area contributed by atoms with Gasteiger partial charge in [0.2, 0.25) is 0 Å². The van der Waals surface area contributed by atoms with E-state index in [4.69, 9.17) is 9.90 Å². The molecule has 13 heteroatoms. The molecule has 1 aliphatic rings. The van der Waals surface area contributed by atoms with Crippen molar-refractivity contribution in [3.8, 4) is 0 Å². The van der Waals surface area contributed by atoms with Crippen molar-refractivity contribution in [1.82, 2.24) is 10.2 Å². The van der Waals surface area contributed by atoms with Gasteiger partial charge in [0.15, 0.2) is 0 Å². The minimum absolute atomic E-state index is 0.0781. The predicted octanol–water partition coefficient (Wildman–Crippen LogP) is 4.59. The summed E-state index contributed by atoms with van der Waals surface area (Å²) in [6.07, 6.45) is -5.08. The maximum Gasteiger partial charge on any atom is 0.490 e. The van der Waals surface area contributed by atoms with Gasteiger partial charge in [-0.1, -0.05) is 45.9 Å². The number of sulfonamides is 1. The number of piperazine rings is 1. The largest absolute Gasteiger partial charge is 0.490 e. The van der Waals surface area contributed by atoms with E-state index in [0.717, 1.165) is 31.9 Å². The summed E-state index contributed by atoms with van der Waals surface area (Å²) in [5.41, 5.74) is 2.38. The third-order valence-electron chi connectivity index (χ3n) is 6.03. The van der Waals surface area contributed by atoms with E-state index in [1.165, 1.54) is 0 Å². The molecule has 0 aliphatic carbocycles. The summed E-state index contributed by atoms with van der Waals surface area (Å²) in [4.78, 5) is 26.6. The van der Waals surface area contributed by atoms with Crippen LogP contribution in [0.25, 0.3) is 0 Å². The van der Waals surface area contributed by atoms with Crippen LogP contribution in [0.2, 0.25) is 0 Å². The van der Waals surface area contributed by atoms with E-state index in [0.29, 0.717) is 41.7 Å². The van der Waals surface area contributed by atoms with Crippen LogP contribution >= 0.6 is 0 Å². The van der Waals surface area contributed by atoms with Crippen molar-refractivity contribution in [2.45, 2.75) is 45.7 Å². The molecule has 41 heavy (non-hydrogen) atoms. The van der Waals surface area contributed by atoms with Crippen LogP contribution in [-0.2, 0) is 14.8 Å². The average Bonchev–Trinajstić information content (AvgIpc) is 2.87. The van der Waals surface area contributed by atoms with Crippen LogP contribution in [0.3, 0.4) is 0 Å². The molecule has 0 bridgehead atoms. The maximum atomic E-state index is 13.5. The van der Waals surface area contributed by atoms with Gasteiger partial charge in [-0.3, -0.25) is 9.52 Å². The molecular formula is C28H39F3N4O5S. The average molecular weight is 601 g/mol. The zero-order valence-electron chi connectivity index (χ0n) is 24.0. The highest BCUT2D eigenvalue weighted by molar-refractivity contribution is 7.92. The minimum atomic E-state index is -5.08. The first kappa shape index (κ1) is 33.9. The third-order valence-corrected chi connectivity index (χ3v) is 7.56. The van der Waals surface area contributed by atoms with E-state index in [2.05, 4.69) is 42.6 Å². The van der Waals surface area contributed by atoms with Gasteiger partial charge in [0.05, 0.1) is 16.3 Å². The normalized spacial score (nSPS) is 14.0. The molecule has 1 saturated heterocycles. The standard InChI is InChI=1S/C26H38N4O3S.C2HF3O2/c1-19(2)17-30(18-20(3)4)26(31)22-10-11-24(29-14-12-27-13-15-29)23(16-22)28-34(32,33)25-9-7-6-8-21(25)5;3-2(4,5)1(6)7/h6-11,16,19-20,27-28H,12-15,17-18H2,1-5H3;(H,6,7). The Morgan fingerprint density at radius 1 is 1.02 bits per heavy atom. The smallest absolute Gasteiger partial charge is 0.475 e. The molecule has 0 spiro atoms. The lowest BCUT2D eigenvalue weighted by Crippen LogP contribution is -2.44. The zero-order valence-corrected chi connectivity index (χ0v) is 24.8. The number of carboxylic acids is 1. The quantitative estimate of drug-likeness (QED) is 0.385. The number of amides is 1. The summed E-state index contributed by atoms with van der Waals surface area (Å²) in [6, 6.07) is 12.3. The lowest BCUT2D eigenvalue weighted by Gasteiger charge is -2.32. The van der Waals surface area contributed by atoms with Crippen LogP contribution in [0.1, 0.15) is 43.6 Å².